The molecule has 0 amide bonds. The van der Waals surface area contributed by atoms with Crippen molar-refractivity contribution < 1.29 is 56.3 Å². The maximum absolute atomic E-state index is 12.9. The highest BCUT2D eigenvalue weighted by Crippen LogP contribution is 2.53. The van der Waals surface area contributed by atoms with Gasteiger partial charge in [0, 0.05) is 0 Å². The van der Waals surface area contributed by atoms with E-state index in [4.69, 9.17) is 9.47 Å². The number of benzene rings is 6. The quantitative estimate of drug-likeness (QED) is 0.0647. The lowest BCUT2D eigenvalue weighted by Gasteiger charge is -2.30. The minimum atomic E-state index is -2.87. The Morgan fingerprint density at radius 3 is 1.23 bits per heavy atom. The van der Waals surface area contributed by atoms with Crippen molar-refractivity contribution in [3.05, 3.63) is 167 Å². The predicted octanol–water partition coefficient (Wildman–Crippen LogP) is 17.6. The van der Waals surface area contributed by atoms with Crippen molar-refractivity contribution in [1.82, 2.24) is 0 Å². The van der Waals surface area contributed by atoms with Gasteiger partial charge in [-0.1, -0.05) is 125 Å². The number of carboxylic acids is 2. The predicted molar refractivity (Wildman–Crippen MR) is 295 cm³/mol. The molecule has 0 saturated heterocycles. The van der Waals surface area contributed by atoms with Crippen molar-refractivity contribution in [1.29, 1.82) is 0 Å². The lowest BCUT2D eigenvalue weighted by Crippen LogP contribution is -2.16. The fourth-order valence-corrected chi connectivity index (χ4v) is 12.5. The van der Waals surface area contributed by atoms with E-state index in [0.29, 0.717) is 36.9 Å². The molecular formula is C66H72F4O8. The van der Waals surface area contributed by atoms with E-state index >= 15 is 0 Å². The zero-order valence-electron chi connectivity index (χ0n) is 45.1. The van der Waals surface area contributed by atoms with Crippen LogP contribution in [-0.4, -0.2) is 35.4 Å². The van der Waals surface area contributed by atoms with E-state index in [0.717, 1.165) is 120 Å². The average molecular weight is 1070 g/mol. The second-order valence-corrected chi connectivity index (χ2v) is 23.3. The van der Waals surface area contributed by atoms with Gasteiger partial charge >= 0.3 is 25.2 Å². The first-order valence-electron chi connectivity index (χ1n) is 27.6. The number of hydrogen-bond acceptors (Lipinski definition) is 6. The van der Waals surface area contributed by atoms with Gasteiger partial charge in [0.05, 0.1) is 12.8 Å². The van der Waals surface area contributed by atoms with Gasteiger partial charge in [-0.2, -0.15) is 17.6 Å². The first kappa shape index (κ1) is 55.9. The molecule has 0 radical (unpaired) electrons. The number of carbonyl (C=O) groups is 2. The summed E-state index contributed by atoms with van der Waals surface area (Å²) in [6.07, 6.45) is 11.3. The maximum atomic E-state index is 12.9. The van der Waals surface area contributed by atoms with E-state index in [9.17, 15) is 37.4 Å². The highest BCUT2D eigenvalue weighted by molar-refractivity contribution is 5.72. The first-order valence-corrected chi connectivity index (χ1v) is 27.6. The Morgan fingerprint density at radius 2 is 0.885 bits per heavy atom. The molecule has 78 heavy (non-hydrogen) atoms. The fourth-order valence-electron chi connectivity index (χ4n) is 12.5. The van der Waals surface area contributed by atoms with Gasteiger partial charge in [-0.05, 0) is 202 Å². The molecule has 4 aliphatic rings. The maximum Gasteiger partial charge on any atom is 0.387 e. The minimum absolute atomic E-state index is 0.0198. The number of ether oxygens (including phenoxy) is 4. The fraction of sp³-hybridized carbons (Fsp3) is 0.424. The summed E-state index contributed by atoms with van der Waals surface area (Å²) < 4.78 is 73.2. The molecule has 0 aliphatic heterocycles. The zero-order chi connectivity index (χ0) is 55.1. The van der Waals surface area contributed by atoms with Crippen LogP contribution in [0.15, 0.2) is 133 Å². The number of rotatable bonds is 22. The van der Waals surface area contributed by atoms with E-state index in [2.05, 4.69) is 61.4 Å². The van der Waals surface area contributed by atoms with Gasteiger partial charge in [-0.15, -0.1) is 0 Å². The monoisotopic (exact) mass is 1070 g/mol. The normalized spacial score (nSPS) is 19.2. The number of hydrogen-bond donors (Lipinski definition) is 2. The summed E-state index contributed by atoms with van der Waals surface area (Å²) in [5.74, 6) is 1.81. The van der Waals surface area contributed by atoms with Crippen LogP contribution in [0.5, 0.6) is 23.0 Å². The molecular weight excluding hydrogens is 997 g/mol. The van der Waals surface area contributed by atoms with E-state index in [1.165, 1.54) is 11.1 Å². The van der Waals surface area contributed by atoms with E-state index in [1.54, 1.807) is 36.4 Å². The first-order chi connectivity index (χ1) is 37.4. The van der Waals surface area contributed by atoms with Crippen LogP contribution in [0.2, 0.25) is 0 Å². The van der Waals surface area contributed by atoms with Gasteiger partial charge in [-0.3, -0.25) is 9.59 Å². The van der Waals surface area contributed by atoms with E-state index in [1.807, 2.05) is 72.8 Å². The third-order valence-electron chi connectivity index (χ3n) is 16.8. The van der Waals surface area contributed by atoms with E-state index < -0.39 is 25.2 Å². The summed E-state index contributed by atoms with van der Waals surface area (Å²) in [6.45, 7) is 4.22. The molecule has 2 N–H and O–H groups in total. The molecule has 0 bridgehead atoms. The molecule has 4 fully saturated rings. The smallest absolute Gasteiger partial charge is 0.387 e. The molecule has 412 valence electrons. The van der Waals surface area contributed by atoms with Gasteiger partial charge in [0.25, 0.3) is 0 Å². The van der Waals surface area contributed by atoms with Crippen LogP contribution in [0, 0.1) is 22.7 Å². The molecule has 0 aromatic heterocycles. The second kappa shape index (κ2) is 24.5. The van der Waals surface area contributed by atoms with Gasteiger partial charge in [0.1, 0.15) is 36.2 Å². The topological polar surface area (TPSA) is 112 Å². The highest BCUT2D eigenvalue weighted by Gasteiger charge is 2.39. The number of alkyl halides is 4. The molecule has 0 heterocycles. The molecule has 0 unspecified atom stereocenters. The van der Waals surface area contributed by atoms with Gasteiger partial charge < -0.3 is 29.2 Å². The van der Waals surface area contributed by atoms with Gasteiger partial charge in [0.2, 0.25) is 0 Å². The molecule has 4 saturated carbocycles. The molecule has 12 heteroatoms. The van der Waals surface area contributed by atoms with Crippen molar-refractivity contribution >= 4 is 11.9 Å². The molecule has 6 aromatic rings. The van der Waals surface area contributed by atoms with Crippen LogP contribution >= 0.6 is 0 Å². The van der Waals surface area contributed by atoms with Crippen LogP contribution in [0.1, 0.15) is 162 Å². The third kappa shape index (κ3) is 14.5. The molecule has 6 aromatic carbocycles. The average Bonchev–Trinajstić information content (AvgIpc) is 4.38. The summed E-state index contributed by atoms with van der Waals surface area (Å²) in [5.41, 5.74) is 10.5. The second-order valence-electron chi connectivity index (χ2n) is 23.3. The minimum Gasteiger partial charge on any atom is -0.489 e. The summed E-state index contributed by atoms with van der Waals surface area (Å²) in [5, 5.41) is 18.8. The largest absolute Gasteiger partial charge is 0.489 e. The van der Waals surface area contributed by atoms with Crippen LogP contribution in [0.3, 0.4) is 0 Å². The Labute approximate surface area is 456 Å². The molecule has 4 atom stereocenters. The van der Waals surface area contributed by atoms with Gasteiger partial charge in [0.15, 0.2) is 0 Å². The lowest BCUT2D eigenvalue weighted by molar-refractivity contribution is -0.138. The number of carboxylic acid groups (broad SMARTS) is 2. The Balaban J connectivity index is 0.000000190. The standard InChI is InChI=1S/2C33H36F2O4/c2*1-33(2)15-5-10-30(33)29-16-21(11-14-27(29)23-6-4-9-26(18-23)39-32(34)35)20-38-25-8-3-7-24(17-25)28(19-31(36)37)22-12-13-22/h2*3-4,6-9,11,14,16-18,22,28,30,32H,5,10,12-13,15,19-20H2,1-2H3,(H,36,37)/t28-,30+;28-,30-/m11/s1. The molecule has 4 aliphatic carbocycles. The van der Waals surface area contributed by atoms with Crippen LogP contribution in [0.25, 0.3) is 22.3 Å². The molecule has 10 rings (SSSR count). The summed E-state index contributed by atoms with van der Waals surface area (Å²) >= 11 is 0. The molecule has 8 nitrogen and oxygen atoms in total. The van der Waals surface area contributed by atoms with Crippen LogP contribution in [0.4, 0.5) is 17.6 Å². The number of aliphatic carboxylic acids is 2. The summed E-state index contributed by atoms with van der Waals surface area (Å²) in [7, 11) is 0. The van der Waals surface area contributed by atoms with Crippen molar-refractivity contribution in [2.24, 2.45) is 22.7 Å². The van der Waals surface area contributed by atoms with Crippen molar-refractivity contribution in [3.8, 4) is 45.3 Å². The Bertz CT molecular complexity index is 2830. The van der Waals surface area contributed by atoms with Crippen molar-refractivity contribution in [3.63, 3.8) is 0 Å². The Kier molecular flexibility index (Phi) is 17.5. The van der Waals surface area contributed by atoms with Crippen LogP contribution in [-0.2, 0) is 22.8 Å². The highest BCUT2D eigenvalue weighted by atomic mass is 19.3. The Hall–Kier alpha value is -6.82. The summed E-state index contributed by atoms with van der Waals surface area (Å²) in [4.78, 5) is 22.8. The summed E-state index contributed by atoms with van der Waals surface area (Å²) in [6, 6.07) is 42.1. The number of halogens is 4. The van der Waals surface area contributed by atoms with Crippen LogP contribution < -0.4 is 18.9 Å². The third-order valence-corrected chi connectivity index (χ3v) is 16.8. The molecule has 0 spiro atoms. The van der Waals surface area contributed by atoms with Crippen molar-refractivity contribution in [2.45, 2.75) is 155 Å². The lowest BCUT2D eigenvalue weighted by atomic mass is 9.75. The zero-order valence-corrected chi connectivity index (χ0v) is 45.1. The van der Waals surface area contributed by atoms with E-state index in [-0.39, 0.29) is 47.0 Å². The Morgan fingerprint density at radius 1 is 0.500 bits per heavy atom. The van der Waals surface area contributed by atoms with Gasteiger partial charge in [-0.25, -0.2) is 0 Å². The SMILES string of the molecule is CC1(C)CCC[C@@H]1c1cc(COc2cccc([C@H](CC(=O)O)C3CC3)c2)ccc1-c1cccc(OC(F)F)c1.CC1(C)CCC[C@H]1c1cc(COc2cccc([C@H](CC(=O)O)C3CC3)c2)ccc1-c1cccc(OC(F)F)c1. The van der Waals surface area contributed by atoms with Crippen molar-refractivity contribution in [2.75, 3.05) is 0 Å².